The summed E-state index contributed by atoms with van der Waals surface area (Å²) >= 11 is 3.32. The van der Waals surface area contributed by atoms with Crippen LogP contribution in [-0.2, 0) is 16.0 Å². The van der Waals surface area contributed by atoms with Gasteiger partial charge in [0.05, 0.1) is 18.7 Å². The second kappa shape index (κ2) is 6.52. The molecule has 3 nitrogen and oxygen atoms in total. The van der Waals surface area contributed by atoms with Crippen molar-refractivity contribution in [2.75, 3.05) is 18.1 Å². The molecule has 1 aliphatic heterocycles. The van der Waals surface area contributed by atoms with Crippen molar-refractivity contribution in [2.24, 2.45) is 0 Å². The monoisotopic (exact) mass is 305 g/mol. The molecule has 1 aromatic carbocycles. The van der Waals surface area contributed by atoms with Crippen molar-refractivity contribution in [2.45, 2.75) is 12.5 Å². The second-order valence-corrected chi connectivity index (χ2v) is 6.66. The number of carbonyl (C=O) groups excluding carboxylic acids is 1. The summed E-state index contributed by atoms with van der Waals surface area (Å²) in [6.07, 6.45) is 0.126. The summed E-state index contributed by atoms with van der Waals surface area (Å²) in [5, 5.41) is 2.88. The van der Waals surface area contributed by atoms with E-state index in [1.165, 1.54) is 0 Å². The van der Waals surface area contributed by atoms with Crippen LogP contribution in [0, 0.1) is 0 Å². The van der Waals surface area contributed by atoms with Gasteiger partial charge in [-0.2, -0.15) is 11.8 Å². The van der Waals surface area contributed by atoms with E-state index in [2.05, 4.69) is 4.98 Å². The molecule has 0 amide bonds. The predicted molar refractivity (Wildman–Crippen MR) is 83.3 cm³/mol. The normalized spacial score (nSPS) is 18.9. The lowest BCUT2D eigenvalue weighted by Gasteiger charge is -2.20. The first kappa shape index (κ1) is 13.8. The van der Waals surface area contributed by atoms with E-state index >= 15 is 0 Å². The molecule has 0 N–H and O–H groups in total. The number of Topliss-reactive ketones (excluding diaryl/α,β-unsaturated/α-hetero) is 1. The third-order valence-electron chi connectivity index (χ3n) is 3.12. The molecule has 5 heteroatoms. The molecular weight excluding hydrogens is 290 g/mol. The number of ether oxygens (including phenoxy) is 1. The Morgan fingerprint density at radius 1 is 1.35 bits per heavy atom. The lowest BCUT2D eigenvalue weighted by atomic mass is 10.2. The van der Waals surface area contributed by atoms with Crippen molar-refractivity contribution in [3.63, 3.8) is 0 Å². The Balaban J connectivity index is 1.66. The number of benzene rings is 1. The van der Waals surface area contributed by atoms with E-state index in [-0.39, 0.29) is 11.9 Å². The van der Waals surface area contributed by atoms with Gasteiger partial charge >= 0.3 is 0 Å². The second-order valence-electron chi connectivity index (χ2n) is 4.57. The number of hydrogen-bond acceptors (Lipinski definition) is 5. The SMILES string of the molecule is O=C(Cc1nc(-c2ccccc2)cs1)C1CSCCO1. The van der Waals surface area contributed by atoms with Gasteiger partial charge in [-0.25, -0.2) is 4.98 Å². The number of aromatic nitrogens is 1. The molecule has 0 spiro atoms. The van der Waals surface area contributed by atoms with E-state index in [4.69, 9.17) is 4.74 Å². The molecule has 1 fully saturated rings. The molecule has 2 heterocycles. The van der Waals surface area contributed by atoms with Crippen LogP contribution < -0.4 is 0 Å². The van der Waals surface area contributed by atoms with Gasteiger partial charge in [-0.15, -0.1) is 11.3 Å². The first-order valence-corrected chi connectivity index (χ1v) is 8.58. The van der Waals surface area contributed by atoms with Gasteiger partial charge < -0.3 is 4.74 Å². The summed E-state index contributed by atoms with van der Waals surface area (Å²) in [6.45, 7) is 0.675. The number of carbonyl (C=O) groups is 1. The average molecular weight is 305 g/mol. The Morgan fingerprint density at radius 2 is 2.20 bits per heavy atom. The minimum Gasteiger partial charge on any atom is -0.369 e. The molecule has 1 aromatic heterocycles. The lowest BCUT2D eigenvalue weighted by Crippen LogP contribution is -2.32. The number of thiazole rings is 1. The van der Waals surface area contributed by atoms with Gasteiger partial charge in [-0.3, -0.25) is 4.79 Å². The van der Waals surface area contributed by atoms with E-state index in [9.17, 15) is 4.79 Å². The highest BCUT2D eigenvalue weighted by Crippen LogP contribution is 2.23. The van der Waals surface area contributed by atoms with Crippen LogP contribution in [0.1, 0.15) is 5.01 Å². The van der Waals surface area contributed by atoms with E-state index in [0.717, 1.165) is 27.8 Å². The van der Waals surface area contributed by atoms with Crippen LogP contribution in [0.25, 0.3) is 11.3 Å². The van der Waals surface area contributed by atoms with Gasteiger partial charge in [0.25, 0.3) is 0 Å². The molecule has 2 aromatic rings. The zero-order valence-electron chi connectivity index (χ0n) is 11.0. The van der Waals surface area contributed by atoms with Crippen molar-refractivity contribution < 1.29 is 9.53 Å². The van der Waals surface area contributed by atoms with Gasteiger partial charge in [-0.05, 0) is 0 Å². The van der Waals surface area contributed by atoms with Gasteiger partial charge in [0, 0.05) is 22.4 Å². The van der Waals surface area contributed by atoms with E-state index in [0.29, 0.717) is 13.0 Å². The molecule has 0 radical (unpaired) electrons. The predicted octanol–water partition coefficient (Wildman–Crippen LogP) is 3.05. The van der Waals surface area contributed by atoms with E-state index < -0.39 is 0 Å². The summed E-state index contributed by atoms with van der Waals surface area (Å²) < 4.78 is 5.51. The van der Waals surface area contributed by atoms with Crippen molar-refractivity contribution in [1.82, 2.24) is 4.98 Å². The van der Waals surface area contributed by atoms with Crippen molar-refractivity contribution in [3.8, 4) is 11.3 Å². The largest absolute Gasteiger partial charge is 0.369 e. The Morgan fingerprint density at radius 3 is 2.95 bits per heavy atom. The van der Waals surface area contributed by atoms with Crippen LogP contribution in [0.15, 0.2) is 35.7 Å². The molecule has 0 saturated carbocycles. The van der Waals surface area contributed by atoms with E-state index in [1.807, 2.05) is 35.7 Å². The molecule has 1 unspecified atom stereocenters. The Bertz CT molecular complexity index is 577. The van der Waals surface area contributed by atoms with Crippen molar-refractivity contribution >= 4 is 28.9 Å². The molecule has 1 aliphatic rings. The Hall–Kier alpha value is -1.17. The molecule has 1 atom stereocenters. The van der Waals surface area contributed by atoms with Gasteiger partial charge in [0.1, 0.15) is 11.1 Å². The first-order chi connectivity index (χ1) is 9.83. The minimum atomic E-state index is -0.252. The van der Waals surface area contributed by atoms with Gasteiger partial charge in [0.2, 0.25) is 0 Å². The van der Waals surface area contributed by atoms with Crippen LogP contribution in [0.3, 0.4) is 0 Å². The van der Waals surface area contributed by atoms with Gasteiger partial charge in [-0.1, -0.05) is 30.3 Å². The third-order valence-corrected chi connectivity index (χ3v) is 4.96. The molecule has 0 bridgehead atoms. The van der Waals surface area contributed by atoms with Crippen LogP contribution >= 0.6 is 23.1 Å². The van der Waals surface area contributed by atoms with Crippen LogP contribution in [0.5, 0.6) is 0 Å². The third kappa shape index (κ3) is 3.29. The summed E-state index contributed by atoms with van der Waals surface area (Å²) in [5.74, 6) is 1.90. The number of hydrogen-bond donors (Lipinski definition) is 0. The number of thioether (sulfide) groups is 1. The highest BCUT2D eigenvalue weighted by atomic mass is 32.2. The molecule has 3 rings (SSSR count). The maximum absolute atomic E-state index is 12.1. The molecule has 1 saturated heterocycles. The quantitative estimate of drug-likeness (QED) is 0.870. The summed E-state index contributed by atoms with van der Waals surface area (Å²) in [6, 6.07) is 10.0. The van der Waals surface area contributed by atoms with Crippen LogP contribution in [0.2, 0.25) is 0 Å². The lowest BCUT2D eigenvalue weighted by molar-refractivity contribution is -0.128. The average Bonchev–Trinajstić information content (AvgIpc) is 2.97. The molecule has 20 heavy (non-hydrogen) atoms. The van der Waals surface area contributed by atoms with Crippen LogP contribution in [-0.4, -0.2) is 35.0 Å². The molecule has 0 aliphatic carbocycles. The summed E-state index contributed by atoms with van der Waals surface area (Å²) in [5.41, 5.74) is 2.03. The van der Waals surface area contributed by atoms with Crippen molar-refractivity contribution in [3.05, 3.63) is 40.7 Å². The molecule has 104 valence electrons. The maximum atomic E-state index is 12.1. The standard InChI is InChI=1S/C15H15NO2S2/c17-13(14-10-19-7-6-18-14)8-15-16-12(9-20-15)11-4-2-1-3-5-11/h1-5,9,14H,6-8,10H2. The summed E-state index contributed by atoms with van der Waals surface area (Å²) in [7, 11) is 0. The fourth-order valence-electron chi connectivity index (χ4n) is 2.07. The van der Waals surface area contributed by atoms with Crippen LogP contribution in [0.4, 0.5) is 0 Å². The summed E-state index contributed by atoms with van der Waals surface area (Å²) in [4.78, 5) is 16.7. The smallest absolute Gasteiger partial charge is 0.169 e. The topological polar surface area (TPSA) is 39.2 Å². The van der Waals surface area contributed by atoms with E-state index in [1.54, 1.807) is 23.1 Å². The first-order valence-electron chi connectivity index (χ1n) is 6.55. The Kier molecular flexibility index (Phi) is 4.50. The Labute approximate surface area is 126 Å². The minimum absolute atomic E-state index is 0.145. The van der Waals surface area contributed by atoms with Crippen molar-refractivity contribution in [1.29, 1.82) is 0 Å². The number of ketones is 1. The highest BCUT2D eigenvalue weighted by molar-refractivity contribution is 7.99. The van der Waals surface area contributed by atoms with Gasteiger partial charge in [0.15, 0.2) is 5.78 Å². The number of rotatable bonds is 4. The fraction of sp³-hybridized carbons (Fsp3) is 0.333. The molecular formula is C15H15NO2S2. The fourth-order valence-corrected chi connectivity index (χ4v) is 3.76. The maximum Gasteiger partial charge on any atom is 0.169 e. The zero-order chi connectivity index (χ0) is 13.8. The zero-order valence-corrected chi connectivity index (χ0v) is 12.6. The number of nitrogens with zero attached hydrogens (tertiary/aromatic N) is 1. The highest BCUT2D eigenvalue weighted by Gasteiger charge is 2.23.